The van der Waals surface area contributed by atoms with Crippen molar-refractivity contribution in [1.82, 2.24) is 9.97 Å². The molecule has 2 rings (SSSR count). The van der Waals surface area contributed by atoms with Crippen LogP contribution in [-0.2, 0) is 10.3 Å². The zero-order chi connectivity index (χ0) is 11.6. The lowest BCUT2D eigenvalue weighted by atomic mass is 10.0. The molecule has 0 aromatic carbocycles. The third kappa shape index (κ3) is 1.89. The van der Waals surface area contributed by atoms with Gasteiger partial charge >= 0.3 is 0 Å². The van der Waals surface area contributed by atoms with E-state index >= 15 is 0 Å². The second kappa shape index (κ2) is 4.37. The van der Waals surface area contributed by atoms with Gasteiger partial charge in [-0.3, -0.25) is 0 Å². The van der Waals surface area contributed by atoms with Crippen LogP contribution in [0.15, 0.2) is 6.07 Å². The molecule has 0 radical (unpaired) electrons. The maximum Gasteiger partial charge on any atom is 0.162 e. The first kappa shape index (κ1) is 11.3. The summed E-state index contributed by atoms with van der Waals surface area (Å²) in [6, 6.07) is 1.95. The lowest BCUT2D eigenvalue weighted by Crippen LogP contribution is -2.28. The van der Waals surface area contributed by atoms with Gasteiger partial charge in [0.1, 0.15) is 11.4 Å². The molecule has 0 bridgehead atoms. The van der Waals surface area contributed by atoms with E-state index in [1.807, 2.05) is 20.0 Å². The standard InChI is InChI=1S/C12H19N3O/c1-9-8-10(13-2)15-11(14-9)12(16-3)6-4-5-7-12/h8H,4-7H2,1-3H3,(H,13,14,15). The third-order valence-corrected chi connectivity index (χ3v) is 3.32. The minimum absolute atomic E-state index is 0.252. The van der Waals surface area contributed by atoms with Crippen LogP contribution in [0.2, 0.25) is 0 Å². The molecular formula is C12H19N3O. The smallest absolute Gasteiger partial charge is 0.162 e. The number of hydrogen-bond acceptors (Lipinski definition) is 4. The fraction of sp³-hybridized carbons (Fsp3) is 0.667. The predicted octanol–water partition coefficient (Wildman–Crippen LogP) is 2.24. The zero-order valence-electron chi connectivity index (χ0n) is 10.2. The second-order valence-electron chi connectivity index (χ2n) is 4.37. The number of methoxy groups -OCH3 is 1. The molecule has 4 heteroatoms. The van der Waals surface area contributed by atoms with Crippen LogP contribution in [0.3, 0.4) is 0 Å². The second-order valence-corrected chi connectivity index (χ2v) is 4.37. The predicted molar refractivity (Wildman–Crippen MR) is 63.5 cm³/mol. The van der Waals surface area contributed by atoms with E-state index in [-0.39, 0.29) is 5.60 Å². The Kier molecular flexibility index (Phi) is 3.10. The molecule has 0 spiro atoms. The van der Waals surface area contributed by atoms with E-state index in [4.69, 9.17) is 4.74 Å². The van der Waals surface area contributed by atoms with Gasteiger partial charge in [-0.2, -0.15) is 0 Å². The van der Waals surface area contributed by atoms with Gasteiger partial charge in [0, 0.05) is 25.9 Å². The van der Waals surface area contributed by atoms with Gasteiger partial charge in [0.15, 0.2) is 5.82 Å². The van der Waals surface area contributed by atoms with E-state index in [1.54, 1.807) is 7.11 Å². The van der Waals surface area contributed by atoms with E-state index in [2.05, 4.69) is 15.3 Å². The number of aromatic nitrogens is 2. The van der Waals surface area contributed by atoms with Crippen LogP contribution in [0.25, 0.3) is 0 Å². The van der Waals surface area contributed by atoms with Crippen LogP contribution < -0.4 is 5.32 Å². The average Bonchev–Trinajstić information content (AvgIpc) is 2.78. The molecule has 4 nitrogen and oxygen atoms in total. The first-order chi connectivity index (χ1) is 7.70. The molecule has 1 fully saturated rings. The van der Waals surface area contributed by atoms with Gasteiger partial charge < -0.3 is 10.1 Å². The first-order valence-corrected chi connectivity index (χ1v) is 5.79. The fourth-order valence-electron chi connectivity index (χ4n) is 2.37. The third-order valence-electron chi connectivity index (χ3n) is 3.32. The van der Waals surface area contributed by atoms with Crippen LogP contribution in [0.1, 0.15) is 37.2 Å². The van der Waals surface area contributed by atoms with Crippen molar-refractivity contribution in [3.63, 3.8) is 0 Å². The Hall–Kier alpha value is -1.16. The van der Waals surface area contributed by atoms with E-state index < -0.39 is 0 Å². The molecule has 1 N–H and O–H groups in total. The molecule has 0 atom stereocenters. The summed E-state index contributed by atoms with van der Waals surface area (Å²) in [6.45, 7) is 1.99. The highest BCUT2D eigenvalue weighted by molar-refractivity contribution is 5.35. The number of aryl methyl sites for hydroxylation is 1. The molecule has 1 aliphatic carbocycles. The molecule has 1 aliphatic rings. The summed E-state index contributed by atoms with van der Waals surface area (Å²) in [6.07, 6.45) is 4.44. The Morgan fingerprint density at radius 1 is 1.31 bits per heavy atom. The summed E-state index contributed by atoms with van der Waals surface area (Å²) in [5.74, 6) is 1.70. The Bertz CT molecular complexity index is 373. The SMILES string of the molecule is CNc1cc(C)nc(C2(OC)CCCC2)n1. The topological polar surface area (TPSA) is 47.0 Å². The summed E-state index contributed by atoms with van der Waals surface area (Å²) in [5.41, 5.74) is 0.732. The van der Waals surface area contributed by atoms with Crippen molar-refractivity contribution in [2.45, 2.75) is 38.2 Å². The van der Waals surface area contributed by atoms with Crippen molar-refractivity contribution in [2.75, 3.05) is 19.5 Å². The van der Waals surface area contributed by atoms with Gasteiger partial charge in [0.05, 0.1) is 0 Å². The molecule has 1 aromatic heterocycles. The van der Waals surface area contributed by atoms with Gasteiger partial charge in [-0.05, 0) is 32.6 Å². The highest BCUT2D eigenvalue weighted by atomic mass is 16.5. The summed E-state index contributed by atoms with van der Waals surface area (Å²) < 4.78 is 5.69. The Morgan fingerprint density at radius 3 is 2.56 bits per heavy atom. The van der Waals surface area contributed by atoms with Crippen LogP contribution in [0, 0.1) is 6.92 Å². The number of nitrogens with zero attached hydrogens (tertiary/aromatic N) is 2. The Balaban J connectivity index is 2.41. The first-order valence-electron chi connectivity index (χ1n) is 5.79. The highest BCUT2D eigenvalue weighted by Crippen LogP contribution is 2.40. The average molecular weight is 221 g/mol. The molecule has 0 amide bonds. The maximum atomic E-state index is 5.69. The lowest BCUT2D eigenvalue weighted by molar-refractivity contribution is -0.0163. The molecule has 0 unspecified atom stereocenters. The van der Waals surface area contributed by atoms with E-state index in [0.29, 0.717) is 0 Å². The van der Waals surface area contributed by atoms with E-state index in [1.165, 1.54) is 12.8 Å². The van der Waals surface area contributed by atoms with Gasteiger partial charge in [0.2, 0.25) is 0 Å². The Labute approximate surface area is 96.4 Å². The summed E-state index contributed by atoms with van der Waals surface area (Å²) in [5, 5.41) is 3.07. The van der Waals surface area contributed by atoms with Crippen molar-refractivity contribution < 1.29 is 4.74 Å². The quantitative estimate of drug-likeness (QED) is 0.850. The van der Waals surface area contributed by atoms with Crippen molar-refractivity contribution in [1.29, 1.82) is 0 Å². The minimum atomic E-state index is -0.252. The summed E-state index contributed by atoms with van der Waals surface area (Å²) in [4.78, 5) is 9.06. The lowest BCUT2D eigenvalue weighted by Gasteiger charge is -2.26. The molecule has 0 aliphatic heterocycles. The van der Waals surface area contributed by atoms with Gasteiger partial charge in [-0.25, -0.2) is 9.97 Å². The van der Waals surface area contributed by atoms with Crippen LogP contribution >= 0.6 is 0 Å². The number of anilines is 1. The molecule has 1 heterocycles. The molecule has 88 valence electrons. The van der Waals surface area contributed by atoms with Crippen molar-refractivity contribution in [3.8, 4) is 0 Å². The minimum Gasteiger partial charge on any atom is -0.373 e. The van der Waals surface area contributed by atoms with Gasteiger partial charge in [0.25, 0.3) is 0 Å². The molecule has 0 saturated heterocycles. The van der Waals surface area contributed by atoms with Crippen molar-refractivity contribution >= 4 is 5.82 Å². The van der Waals surface area contributed by atoms with Crippen LogP contribution in [0.4, 0.5) is 5.82 Å². The van der Waals surface area contributed by atoms with E-state index in [9.17, 15) is 0 Å². The van der Waals surface area contributed by atoms with Gasteiger partial charge in [-0.1, -0.05) is 0 Å². The number of ether oxygens (including phenoxy) is 1. The zero-order valence-corrected chi connectivity index (χ0v) is 10.2. The largest absolute Gasteiger partial charge is 0.373 e. The van der Waals surface area contributed by atoms with Crippen molar-refractivity contribution in [2.24, 2.45) is 0 Å². The summed E-state index contributed by atoms with van der Waals surface area (Å²) >= 11 is 0. The molecule has 16 heavy (non-hydrogen) atoms. The highest BCUT2D eigenvalue weighted by Gasteiger charge is 2.38. The molecule has 1 aromatic rings. The fourth-order valence-corrected chi connectivity index (χ4v) is 2.37. The normalized spacial score (nSPS) is 18.7. The Morgan fingerprint density at radius 2 is 2.00 bits per heavy atom. The number of hydrogen-bond donors (Lipinski definition) is 1. The number of rotatable bonds is 3. The maximum absolute atomic E-state index is 5.69. The van der Waals surface area contributed by atoms with Gasteiger partial charge in [-0.15, -0.1) is 0 Å². The van der Waals surface area contributed by atoms with E-state index in [0.717, 1.165) is 30.2 Å². The number of nitrogens with one attached hydrogen (secondary N) is 1. The molecule has 1 saturated carbocycles. The molecular weight excluding hydrogens is 202 g/mol. The summed E-state index contributed by atoms with van der Waals surface area (Å²) in [7, 11) is 3.63. The van der Waals surface area contributed by atoms with Crippen molar-refractivity contribution in [3.05, 3.63) is 17.6 Å². The van der Waals surface area contributed by atoms with Crippen LogP contribution in [0.5, 0.6) is 0 Å². The monoisotopic (exact) mass is 221 g/mol. The van der Waals surface area contributed by atoms with Crippen LogP contribution in [-0.4, -0.2) is 24.1 Å².